The van der Waals surface area contributed by atoms with Gasteiger partial charge in [-0.1, -0.05) is 6.07 Å². The van der Waals surface area contributed by atoms with Crippen molar-refractivity contribution in [3.63, 3.8) is 0 Å². The third-order valence-electron chi connectivity index (χ3n) is 4.92. The first-order valence-electron chi connectivity index (χ1n) is 8.52. The Morgan fingerprint density at radius 1 is 1.29 bits per heavy atom. The predicted molar refractivity (Wildman–Crippen MR) is 99.3 cm³/mol. The van der Waals surface area contributed by atoms with Crippen LogP contribution in [0.25, 0.3) is 0 Å². The van der Waals surface area contributed by atoms with Gasteiger partial charge in [-0.3, -0.25) is 9.79 Å². The molecule has 0 amide bonds. The Balaban J connectivity index is 2.01. The maximum atomic E-state index is 14.8. The molecule has 0 spiro atoms. The Bertz CT molecular complexity index is 970. The fourth-order valence-electron chi connectivity index (χ4n) is 3.17. The van der Waals surface area contributed by atoms with E-state index >= 15 is 0 Å². The van der Waals surface area contributed by atoms with Crippen molar-refractivity contribution in [1.82, 2.24) is 4.98 Å². The second-order valence-corrected chi connectivity index (χ2v) is 8.21. The van der Waals surface area contributed by atoms with Crippen LogP contribution in [0.5, 0.6) is 0 Å². The van der Waals surface area contributed by atoms with E-state index in [1.54, 1.807) is 12.3 Å². The molecular formula is C19H19F4N3OS. The van der Waals surface area contributed by atoms with E-state index in [2.05, 4.69) is 9.98 Å². The van der Waals surface area contributed by atoms with E-state index in [0.717, 1.165) is 19.9 Å². The molecule has 9 heteroatoms. The van der Waals surface area contributed by atoms with E-state index in [1.165, 1.54) is 23.5 Å². The molecule has 0 fully saturated rings. The normalized spacial score (nSPS) is 26.8. The summed E-state index contributed by atoms with van der Waals surface area (Å²) in [6.45, 7) is 3.68. The third kappa shape index (κ3) is 3.43. The molecule has 2 atom stereocenters. The lowest BCUT2D eigenvalue weighted by molar-refractivity contribution is -0.106. The maximum Gasteiger partial charge on any atom is 0.280 e. The number of carbonyl (C=O) groups is 1. The Hall–Kier alpha value is -2.29. The van der Waals surface area contributed by atoms with Crippen LogP contribution in [-0.2, 0) is 12.0 Å². The smallest absolute Gasteiger partial charge is 0.280 e. The van der Waals surface area contributed by atoms with Gasteiger partial charge in [-0.05, 0) is 38.5 Å². The fourth-order valence-corrected chi connectivity index (χ4v) is 3.91. The number of hydrogen-bond acceptors (Lipinski definition) is 5. The number of benzene rings is 1. The molecule has 1 aromatic heterocycles. The van der Waals surface area contributed by atoms with E-state index in [0.29, 0.717) is 11.3 Å². The van der Waals surface area contributed by atoms with Gasteiger partial charge >= 0.3 is 0 Å². The lowest BCUT2D eigenvalue weighted by atomic mass is 9.77. The number of thiazole rings is 1. The zero-order chi connectivity index (χ0) is 20.9. The monoisotopic (exact) mass is 413 g/mol. The minimum atomic E-state index is -3.69. The molecule has 2 heterocycles. The second kappa shape index (κ2) is 6.65. The molecule has 28 heavy (non-hydrogen) atoms. The number of rotatable bonds is 4. The van der Waals surface area contributed by atoms with Crippen LogP contribution in [-0.4, -0.2) is 28.2 Å². The van der Waals surface area contributed by atoms with Gasteiger partial charge in [-0.2, -0.15) is 0 Å². The second-order valence-electron chi connectivity index (χ2n) is 7.36. The van der Waals surface area contributed by atoms with Crippen molar-refractivity contribution >= 4 is 23.0 Å². The lowest BCUT2D eigenvalue weighted by Crippen LogP contribution is -2.56. The van der Waals surface area contributed by atoms with Crippen LogP contribution in [0.2, 0.25) is 0 Å². The van der Waals surface area contributed by atoms with Gasteiger partial charge in [0.25, 0.3) is 5.92 Å². The van der Waals surface area contributed by atoms with Gasteiger partial charge in [0, 0.05) is 23.1 Å². The van der Waals surface area contributed by atoms with Gasteiger partial charge in [-0.15, -0.1) is 11.3 Å². The first-order chi connectivity index (χ1) is 12.9. The minimum Gasteiger partial charge on any atom is -0.385 e. The molecule has 0 aliphatic carbocycles. The number of halogens is 4. The van der Waals surface area contributed by atoms with Gasteiger partial charge < -0.3 is 5.73 Å². The number of aryl methyl sites for hydroxylation is 1. The highest BCUT2D eigenvalue weighted by molar-refractivity contribution is 7.11. The van der Waals surface area contributed by atoms with Crippen LogP contribution in [0.1, 0.15) is 46.9 Å². The zero-order valence-electron chi connectivity index (χ0n) is 15.5. The number of nitrogens with two attached hydrogens (primary N) is 1. The summed E-state index contributed by atoms with van der Waals surface area (Å²) in [5, 5.41) is 2.01. The molecule has 1 aliphatic rings. The standard InChI is InChI=1S/C19H19F4N3OS/c1-10-8-28-15(25-10)14(27)7-11-4-5-13(20)12(6-11)18(3)19(22,23)9-17(2,21)16(24)26-18/h4-6,8H,7,9H2,1-3H3,(H2,24,26)/t17-,18+/m0/s1. The Labute approximate surface area is 163 Å². The quantitative estimate of drug-likeness (QED) is 0.598. The van der Waals surface area contributed by atoms with Crippen LogP contribution < -0.4 is 5.73 Å². The summed E-state index contributed by atoms with van der Waals surface area (Å²) in [6, 6.07) is 3.51. The molecular weight excluding hydrogens is 394 g/mol. The van der Waals surface area contributed by atoms with Crippen LogP contribution in [0.15, 0.2) is 28.6 Å². The Morgan fingerprint density at radius 2 is 1.96 bits per heavy atom. The van der Waals surface area contributed by atoms with Crippen LogP contribution in [0, 0.1) is 12.7 Å². The summed E-state index contributed by atoms with van der Waals surface area (Å²) in [4.78, 5) is 20.1. The number of carbonyl (C=O) groups excluding carboxylic acids is 1. The van der Waals surface area contributed by atoms with Crippen molar-refractivity contribution in [3.8, 4) is 0 Å². The van der Waals surface area contributed by atoms with Crippen LogP contribution >= 0.6 is 11.3 Å². The van der Waals surface area contributed by atoms with Gasteiger partial charge in [0.05, 0.1) is 6.42 Å². The third-order valence-corrected chi connectivity index (χ3v) is 5.92. The van der Waals surface area contributed by atoms with Crippen LogP contribution in [0.3, 0.4) is 0 Å². The number of aromatic nitrogens is 1. The fraction of sp³-hybridized carbons (Fsp3) is 0.421. The summed E-state index contributed by atoms with van der Waals surface area (Å²) in [5.41, 5.74) is 1.27. The van der Waals surface area contributed by atoms with Crippen molar-refractivity contribution in [2.24, 2.45) is 10.7 Å². The molecule has 0 saturated carbocycles. The Morgan fingerprint density at radius 3 is 2.57 bits per heavy atom. The number of Topliss-reactive ketones (excluding diaryl/α,β-unsaturated/α-hetero) is 1. The van der Waals surface area contributed by atoms with Gasteiger partial charge in [0.15, 0.2) is 22.0 Å². The van der Waals surface area contributed by atoms with Crippen molar-refractivity contribution in [1.29, 1.82) is 0 Å². The first kappa shape index (κ1) is 20.4. The Kier molecular flexibility index (Phi) is 4.85. The number of amidine groups is 1. The summed E-state index contributed by atoms with van der Waals surface area (Å²) in [6.07, 6.45) is -1.35. The number of aliphatic imine (C=N–C) groups is 1. The van der Waals surface area contributed by atoms with Crippen molar-refractivity contribution < 1.29 is 22.4 Å². The summed E-state index contributed by atoms with van der Waals surface area (Å²) < 4.78 is 58.4. The summed E-state index contributed by atoms with van der Waals surface area (Å²) in [7, 11) is 0. The maximum absolute atomic E-state index is 14.8. The number of nitrogens with zero attached hydrogens (tertiary/aromatic N) is 2. The molecule has 150 valence electrons. The summed E-state index contributed by atoms with van der Waals surface area (Å²) in [5.74, 6) is -5.53. The SMILES string of the molecule is Cc1csc(C(=O)Cc2ccc(F)c([C@@]3(C)N=C(N)[C@@](C)(F)CC3(F)F)c2)n1. The van der Waals surface area contributed by atoms with Crippen molar-refractivity contribution in [3.05, 3.63) is 51.2 Å². The van der Waals surface area contributed by atoms with E-state index in [1.807, 2.05) is 0 Å². The summed E-state index contributed by atoms with van der Waals surface area (Å²) >= 11 is 1.18. The average molecular weight is 413 g/mol. The molecule has 3 rings (SSSR count). The zero-order valence-corrected chi connectivity index (χ0v) is 16.3. The highest BCUT2D eigenvalue weighted by atomic mass is 32.1. The van der Waals surface area contributed by atoms with Crippen molar-refractivity contribution in [2.45, 2.75) is 50.7 Å². The predicted octanol–water partition coefficient (Wildman–Crippen LogP) is 4.36. The van der Waals surface area contributed by atoms with Crippen LogP contribution in [0.4, 0.5) is 17.6 Å². The minimum absolute atomic E-state index is 0.137. The molecule has 0 radical (unpaired) electrons. The first-order valence-corrected chi connectivity index (χ1v) is 9.40. The van der Waals surface area contributed by atoms with E-state index in [-0.39, 0.29) is 17.2 Å². The van der Waals surface area contributed by atoms with Gasteiger partial charge in [-0.25, -0.2) is 22.5 Å². The van der Waals surface area contributed by atoms with Gasteiger partial charge in [0.2, 0.25) is 0 Å². The molecule has 1 aliphatic heterocycles. The molecule has 2 N–H and O–H groups in total. The molecule has 0 unspecified atom stereocenters. The number of alkyl halides is 3. The topological polar surface area (TPSA) is 68.3 Å². The van der Waals surface area contributed by atoms with Crippen molar-refractivity contribution in [2.75, 3.05) is 0 Å². The van der Waals surface area contributed by atoms with E-state index in [9.17, 15) is 22.4 Å². The molecule has 0 saturated heterocycles. The molecule has 0 bridgehead atoms. The average Bonchev–Trinajstić information content (AvgIpc) is 3.01. The highest BCUT2D eigenvalue weighted by Crippen LogP contribution is 2.50. The number of ketones is 1. The molecule has 4 nitrogen and oxygen atoms in total. The lowest BCUT2D eigenvalue weighted by Gasteiger charge is -2.42. The highest BCUT2D eigenvalue weighted by Gasteiger charge is 2.60. The van der Waals surface area contributed by atoms with E-state index < -0.39 is 40.8 Å². The van der Waals surface area contributed by atoms with E-state index in [4.69, 9.17) is 5.73 Å². The van der Waals surface area contributed by atoms with Gasteiger partial charge in [0.1, 0.15) is 11.7 Å². The molecule has 1 aromatic carbocycles. The largest absolute Gasteiger partial charge is 0.385 e. The number of hydrogen-bond donors (Lipinski definition) is 1. The molecule has 2 aromatic rings.